The van der Waals surface area contributed by atoms with Crippen LogP contribution in [-0.4, -0.2) is 45.1 Å². The first-order chi connectivity index (χ1) is 15.1. The number of amides is 1. The molecule has 5 rings (SSSR count). The van der Waals surface area contributed by atoms with Crippen LogP contribution in [0.5, 0.6) is 11.5 Å². The van der Waals surface area contributed by atoms with Gasteiger partial charge >= 0.3 is 0 Å². The normalized spacial score (nSPS) is 13.5. The third-order valence-electron chi connectivity index (χ3n) is 5.02. The number of aromatic nitrogens is 4. The number of carbonyl (C=O) groups excluding carboxylic acids is 1. The molecule has 10 heteroatoms. The number of benzene rings is 1. The van der Waals surface area contributed by atoms with Gasteiger partial charge in [0.1, 0.15) is 4.88 Å². The molecule has 0 saturated carbocycles. The van der Waals surface area contributed by atoms with Crippen molar-refractivity contribution in [3.63, 3.8) is 0 Å². The number of pyridine rings is 1. The van der Waals surface area contributed by atoms with Crippen LogP contribution in [0.25, 0.3) is 22.2 Å². The van der Waals surface area contributed by atoms with Crippen molar-refractivity contribution >= 4 is 34.3 Å². The Bertz CT molecular complexity index is 1250. The third-order valence-corrected chi connectivity index (χ3v) is 5.76. The Balaban J connectivity index is 1.56. The Morgan fingerprint density at radius 2 is 2.13 bits per heavy atom. The lowest BCUT2D eigenvalue weighted by molar-refractivity contribution is 0.101. The molecular formula is C21H19N5O4S. The van der Waals surface area contributed by atoms with Gasteiger partial charge in [0.05, 0.1) is 18.0 Å². The minimum absolute atomic E-state index is 0.0662. The number of fused-ring (bicyclic) bond motifs is 2. The topological polar surface area (TPSA) is 100 Å². The molecule has 1 atom stereocenters. The molecule has 0 radical (unpaired) electrons. The summed E-state index contributed by atoms with van der Waals surface area (Å²) in [4.78, 5) is 17.8. The van der Waals surface area contributed by atoms with E-state index < -0.39 is 0 Å². The summed E-state index contributed by atoms with van der Waals surface area (Å²) in [6.45, 7) is 2.66. The Morgan fingerprint density at radius 3 is 2.94 bits per heavy atom. The van der Waals surface area contributed by atoms with Crippen LogP contribution in [0.3, 0.4) is 0 Å². The number of hydrogen-bond acceptors (Lipinski definition) is 8. The molecule has 1 aromatic carbocycles. The summed E-state index contributed by atoms with van der Waals surface area (Å²) in [7, 11) is 1.65. The van der Waals surface area contributed by atoms with Gasteiger partial charge in [-0.15, -0.1) is 0 Å². The van der Waals surface area contributed by atoms with E-state index in [-0.39, 0.29) is 18.8 Å². The van der Waals surface area contributed by atoms with E-state index in [1.165, 1.54) is 0 Å². The molecule has 1 N–H and O–H groups in total. The quantitative estimate of drug-likeness (QED) is 0.492. The molecule has 0 fully saturated rings. The van der Waals surface area contributed by atoms with E-state index in [4.69, 9.17) is 14.2 Å². The predicted octanol–water partition coefficient (Wildman–Crippen LogP) is 3.57. The van der Waals surface area contributed by atoms with Gasteiger partial charge in [0.2, 0.25) is 6.79 Å². The highest BCUT2D eigenvalue weighted by atomic mass is 32.1. The molecule has 1 unspecified atom stereocenters. The molecule has 3 aromatic heterocycles. The van der Waals surface area contributed by atoms with Crippen molar-refractivity contribution in [3.8, 4) is 22.6 Å². The second-order valence-corrected chi connectivity index (χ2v) is 7.90. The largest absolute Gasteiger partial charge is 0.454 e. The second-order valence-electron chi connectivity index (χ2n) is 7.07. The fourth-order valence-electron chi connectivity index (χ4n) is 3.33. The number of carbonyl (C=O) groups is 1. The standard InChI is InChI=1S/C21H19N5O4S/c1-12(28-2)10-26-20-15(19(25-26)24-21(27)18-5-6-23-31-18)7-14(9-22-20)13-3-4-16-17(8-13)30-11-29-16/h3-9,12H,10-11H2,1-2H3,(H,24,25,27). The number of hydrogen-bond donors (Lipinski definition) is 1. The smallest absolute Gasteiger partial charge is 0.268 e. The number of methoxy groups -OCH3 is 1. The van der Waals surface area contributed by atoms with Crippen LogP contribution in [0.15, 0.2) is 42.7 Å². The first-order valence-electron chi connectivity index (χ1n) is 9.64. The lowest BCUT2D eigenvalue weighted by Crippen LogP contribution is -2.16. The Morgan fingerprint density at radius 1 is 1.26 bits per heavy atom. The number of anilines is 1. The predicted molar refractivity (Wildman–Crippen MR) is 116 cm³/mol. The molecule has 1 aliphatic rings. The number of nitrogens with one attached hydrogen (secondary N) is 1. The first kappa shape index (κ1) is 19.5. The van der Waals surface area contributed by atoms with E-state index in [9.17, 15) is 4.79 Å². The van der Waals surface area contributed by atoms with Gasteiger partial charge in [-0.25, -0.2) is 14.0 Å². The monoisotopic (exact) mass is 437 g/mol. The van der Waals surface area contributed by atoms with Gasteiger partial charge < -0.3 is 19.5 Å². The fraction of sp³-hybridized carbons (Fsp3) is 0.238. The fourth-order valence-corrected chi connectivity index (χ4v) is 3.82. The minimum atomic E-state index is -0.262. The zero-order valence-corrected chi connectivity index (χ0v) is 17.7. The van der Waals surface area contributed by atoms with Crippen LogP contribution in [0.2, 0.25) is 0 Å². The lowest BCUT2D eigenvalue weighted by atomic mass is 10.1. The average Bonchev–Trinajstić information content (AvgIpc) is 3.54. The summed E-state index contributed by atoms with van der Waals surface area (Å²) in [6, 6.07) is 9.37. The van der Waals surface area contributed by atoms with Crippen molar-refractivity contribution in [2.75, 3.05) is 19.2 Å². The van der Waals surface area contributed by atoms with Crippen molar-refractivity contribution in [2.24, 2.45) is 0 Å². The molecule has 4 aromatic rings. The summed E-state index contributed by atoms with van der Waals surface area (Å²) in [5.74, 6) is 1.59. The summed E-state index contributed by atoms with van der Waals surface area (Å²) >= 11 is 1.13. The minimum Gasteiger partial charge on any atom is -0.454 e. The van der Waals surface area contributed by atoms with Crippen molar-refractivity contribution in [3.05, 3.63) is 47.6 Å². The number of nitrogens with zero attached hydrogens (tertiary/aromatic N) is 4. The van der Waals surface area contributed by atoms with Gasteiger partial charge in [-0.2, -0.15) is 5.10 Å². The molecule has 1 amide bonds. The maximum Gasteiger partial charge on any atom is 0.268 e. The van der Waals surface area contributed by atoms with Crippen LogP contribution in [0.1, 0.15) is 16.6 Å². The van der Waals surface area contributed by atoms with Crippen LogP contribution < -0.4 is 14.8 Å². The maximum absolute atomic E-state index is 12.6. The Hall–Kier alpha value is -3.50. The van der Waals surface area contributed by atoms with Crippen LogP contribution in [0, 0.1) is 0 Å². The van der Waals surface area contributed by atoms with E-state index >= 15 is 0 Å². The van der Waals surface area contributed by atoms with Crippen molar-refractivity contribution in [1.29, 1.82) is 0 Å². The molecule has 1 aliphatic heterocycles. The van der Waals surface area contributed by atoms with E-state index in [0.29, 0.717) is 28.6 Å². The molecular weight excluding hydrogens is 418 g/mol. The first-order valence-corrected chi connectivity index (χ1v) is 10.4. The van der Waals surface area contributed by atoms with Gasteiger partial charge in [0.15, 0.2) is 23.0 Å². The summed E-state index contributed by atoms with van der Waals surface area (Å²) in [5.41, 5.74) is 2.46. The number of ether oxygens (including phenoxy) is 3. The van der Waals surface area contributed by atoms with E-state index in [2.05, 4.69) is 19.8 Å². The zero-order valence-electron chi connectivity index (χ0n) is 16.9. The zero-order chi connectivity index (χ0) is 21.4. The molecule has 0 bridgehead atoms. The second kappa shape index (κ2) is 7.97. The summed E-state index contributed by atoms with van der Waals surface area (Å²) < 4.78 is 22.0. The third kappa shape index (κ3) is 3.71. The molecule has 31 heavy (non-hydrogen) atoms. The molecule has 0 spiro atoms. The highest BCUT2D eigenvalue weighted by Gasteiger charge is 2.19. The van der Waals surface area contributed by atoms with Crippen molar-refractivity contribution < 1.29 is 19.0 Å². The Labute approximate surface area is 181 Å². The highest BCUT2D eigenvalue weighted by Crippen LogP contribution is 2.37. The van der Waals surface area contributed by atoms with Crippen LogP contribution in [0.4, 0.5) is 5.82 Å². The van der Waals surface area contributed by atoms with Gasteiger partial charge in [-0.05, 0) is 48.3 Å². The van der Waals surface area contributed by atoms with Gasteiger partial charge in [-0.3, -0.25) is 4.79 Å². The molecule has 9 nitrogen and oxygen atoms in total. The summed E-state index contributed by atoms with van der Waals surface area (Å²) in [5, 5.41) is 8.23. The van der Waals surface area contributed by atoms with E-state index in [1.54, 1.807) is 30.3 Å². The van der Waals surface area contributed by atoms with E-state index in [0.717, 1.165) is 33.8 Å². The van der Waals surface area contributed by atoms with E-state index in [1.807, 2.05) is 31.2 Å². The molecule has 0 saturated heterocycles. The molecule has 4 heterocycles. The molecule has 158 valence electrons. The Kier molecular flexibility index (Phi) is 5.00. The van der Waals surface area contributed by atoms with Gasteiger partial charge in [-0.1, -0.05) is 6.07 Å². The van der Waals surface area contributed by atoms with Crippen molar-refractivity contribution in [1.82, 2.24) is 19.1 Å². The van der Waals surface area contributed by atoms with Gasteiger partial charge in [0, 0.05) is 25.1 Å². The van der Waals surface area contributed by atoms with Crippen LogP contribution in [-0.2, 0) is 11.3 Å². The average molecular weight is 437 g/mol. The molecule has 0 aliphatic carbocycles. The summed E-state index contributed by atoms with van der Waals surface area (Å²) in [6.07, 6.45) is 3.31. The highest BCUT2D eigenvalue weighted by molar-refractivity contribution is 7.08. The van der Waals surface area contributed by atoms with Crippen molar-refractivity contribution in [2.45, 2.75) is 19.6 Å². The number of rotatable bonds is 6. The van der Waals surface area contributed by atoms with Gasteiger partial charge in [0.25, 0.3) is 5.91 Å². The van der Waals surface area contributed by atoms with Crippen LogP contribution >= 0.6 is 11.5 Å². The lowest BCUT2D eigenvalue weighted by Gasteiger charge is -2.09. The maximum atomic E-state index is 12.6. The SMILES string of the molecule is COC(C)Cn1nc(NC(=O)c2ccns2)c2cc(-c3ccc4c(c3)OCO4)cnc21.